The Balaban J connectivity index is 1.84. The Morgan fingerprint density at radius 3 is 2.88 bits per heavy atom. The van der Waals surface area contributed by atoms with Crippen molar-refractivity contribution in [2.24, 2.45) is 5.41 Å². The summed E-state index contributed by atoms with van der Waals surface area (Å²) in [6.07, 6.45) is -3.75. The van der Waals surface area contributed by atoms with Crippen LogP contribution in [0.2, 0.25) is 0 Å². The fraction of sp³-hybridized carbons (Fsp3) is 0.500. The van der Waals surface area contributed by atoms with Crippen molar-refractivity contribution >= 4 is 32.7 Å². The molecule has 1 fully saturated rings. The second-order valence-corrected chi connectivity index (χ2v) is 7.14. The molecular formula is C16H17F3N2O2S. The quantitative estimate of drug-likeness (QED) is 0.775. The molecule has 0 amide bonds. The average molecular weight is 358 g/mol. The molecule has 2 aromatic rings. The summed E-state index contributed by atoms with van der Waals surface area (Å²) in [7, 11) is 0. The van der Waals surface area contributed by atoms with Crippen LogP contribution in [0.4, 0.5) is 18.3 Å². The average Bonchev–Trinajstić information content (AvgIpc) is 3.10. The molecule has 0 radical (unpaired) electrons. The van der Waals surface area contributed by atoms with Crippen molar-refractivity contribution in [2.45, 2.75) is 26.4 Å². The van der Waals surface area contributed by atoms with Gasteiger partial charge in [-0.2, -0.15) is 13.2 Å². The number of benzene rings is 1. The van der Waals surface area contributed by atoms with Crippen LogP contribution in [0.15, 0.2) is 18.2 Å². The molecular weight excluding hydrogens is 341 g/mol. The third-order valence-electron chi connectivity index (χ3n) is 4.22. The van der Waals surface area contributed by atoms with Gasteiger partial charge in [0.1, 0.15) is 0 Å². The number of hydrogen-bond acceptors (Lipinski definition) is 5. The minimum absolute atomic E-state index is 0.243. The summed E-state index contributed by atoms with van der Waals surface area (Å²) in [6, 6.07) is 3.58. The zero-order chi connectivity index (χ0) is 17.5. The van der Waals surface area contributed by atoms with Crippen molar-refractivity contribution in [3.05, 3.63) is 23.8 Å². The Kier molecular flexibility index (Phi) is 4.19. The summed E-state index contributed by atoms with van der Waals surface area (Å²) in [6.45, 7) is 5.02. The first-order chi connectivity index (χ1) is 11.2. The van der Waals surface area contributed by atoms with Crippen molar-refractivity contribution in [3.63, 3.8) is 0 Å². The predicted molar refractivity (Wildman–Crippen MR) is 86.2 cm³/mol. The first kappa shape index (κ1) is 17.0. The molecule has 8 heteroatoms. The lowest BCUT2D eigenvalue weighted by atomic mass is 9.90. The van der Waals surface area contributed by atoms with E-state index in [1.807, 2.05) is 11.8 Å². The minimum Gasteiger partial charge on any atom is -0.466 e. The number of anilines is 1. The predicted octanol–water partition coefficient (Wildman–Crippen LogP) is 4.09. The van der Waals surface area contributed by atoms with Gasteiger partial charge in [0.25, 0.3) is 0 Å². The topological polar surface area (TPSA) is 42.4 Å². The van der Waals surface area contributed by atoms with Crippen LogP contribution in [0.3, 0.4) is 0 Å². The summed E-state index contributed by atoms with van der Waals surface area (Å²) in [5.74, 6) is -0.243. The molecule has 1 saturated heterocycles. The maximum Gasteiger partial charge on any atom is 0.416 e. The maximum atomic E-state index is 12.8. The lowest BCUT2D eigenvalue weighted by Gasteiger charge is -2.22. The van der Waals surface area contributed by atoms with Gasteiger partial charge in [-0.1, -0.05) is 11.3 Å². The van der Waals surface area contributed by atoms with E-state index in [-0.39, 0.29) is 5.97 Å². The van der Waals surface area contributed by atoms with E-state index in [1.54, 1.807) is 6.92 Å². The SMILES string of the molecule is CCOC(=O)C1(C)CCN(c2nc3cc(C(F)(F)F)ccc3s2)C1. The number of ether oxygens (including phenoxy) is 1. The van der Waals surface area contributed by atoms with E-state index in [1.165, 1.54) is 17.4 Å². The van der Waals surface area contributed by atoms with Crippen LogP contribution in [0.1, 0.15) is 25.8 Å². The number of fused-ring (bicyclic) bond motifs is 1. The van der Waals surface area contributed by atoms with Gasteiger partial charge >= 0.3 is 12.1 Å². The Morgan fingerprint density at radius 2 is 2.21 bits per heavy atom. The molecule has 24 heavy (non-hydrogen) atoms. The lowest BCUT2D eigenvalue weighted by Crippen LogP contribution is -2.33. The number of aromatic nitrogens is 1. The molecule has 1 atom stereocenters. The Hall–Kier alpha value is -1.83. The van der Waals surface area contributed by atoms with Crippen molar-refractivity contribution < 1.29 is 22.7 Å². The summed E-state index contributed by atoms with van der Waals surface area (Å²) < 4.78 is 44.2. The standard InChI is InChI=1S/C16H17F3N2O2S/c1-3-23-13(22)15(2)6-7-21(9-15)14-20-11-8-10(16(17,18)19)4-5-12(11)24-14/h4-5,8H,3,6-7,9H2,1-2H3. The molecule has 130 valence electrons. The van der Waals surface area contributed by atoms with Crippen LogP contribution in [-0.4, -0.2) is 30.6 Å². The largest absolute Gasteiger partial charge is 0.466 e. The fourth-order valence-electron chi connectivity index (χ4n) is 2.82. The molecule has 0 spiro atoms. The second kappa shape index (κ2) is 5.91. The molecule has 1 aliphatic rings. The number of rotatable bonds is 3. The number of hydrogen-bond donors (Lipinski definition) is 0. The molecule has 0 bridgehead atoms. The first-order valence-corrected chi connectivity index (χ1v) is 8.44. The highest BCUT2D eigenvalue weighted by atomic mass is 32.1. The van der Waals surface area contributed by atoms with Gasteiger partial charge < -0.3 is 9.64 Å². The number of carbonyl (C=O) groups excluding carboxylic acids is 1. The van der Waals surface area contributed by atoms with Crippen LogP contribution in [0.25, 0.3) is 10.2 Å². The number of halogens is 3. The Labute approximate surface area is 141 Å². The van der Waals surface area contributed by atoms with Gasteiger partial charge in [-0.3, -0.25) is 4.79 Å². The van der Waals surface area contributed by atoms with Gasteiger partial charge in [0, 0.05) is 13.1 Å². The molecule has 1 unspecified atom stereocenters. The molecule has 0 N–H and O–H groups in total. The van der Waals surface area contributed by atoms with Crippen LogP contribution >= 0.6 is 11.3 Å². The highest BCUT2D eigenvalue weighted by Gasteiger charge is 2.42. The molecule has 0 saturated carbocycles. The zero-order valence-electron chi connectivity index (χ0n) is 13.3. The van der Waals surface area contributed by atoms with Crippen molar-refractivity contribution in [3.8, 4) is 0 Å². The summed E-state index contributed by atoms with van der Waals surface area (Å²) in [5, 5.41) is 0.636. The zero-order valence-corrected chi connectivity index (χ0v) is 14.1. The molecule has 2 heterocycles. The van der Waals surface area contributed by atoms with E-state index in [2.05, 4.69) is 4.98 Å². The first-order valence-electron chi connectivity index (χ1n) is 7.63. The summed E-state index contributed by atoms with van der Waals surface area (Å²) in [4.78, 5) is 18.4. The maximum absolute atomic E-state index is 12.8. The van der Waals surface area contributed by atoms with Crippen LogP contribution in [-0.2, 0) is 15.7 Å². The summed E-state index contributed by atoms with van der Waals surface area (Å²) in [5.41, 5.74) is -0.982. The van der Waals surface area contributed by atoms with Crippen molar-refractivity contribution in [1.29, 1.82) is 0 Å². The van der Waals surface area contributed by atoms with Gasteiger partial charge in [0.2, 0.25) is 0 Å². The number of thiazole rings is 1. The normalized spacial score (nSPS) is 21.5. The van der Waals surface area contributed by atoms with Crippen LogP contribution in [0, 0.1) is 5.41 Å². The van der Waals surface area contributed by atoms with E-state index >= 15 is 0 Å². The number of nitrogens with zero attached hydrogens (tertiary/aromatic N) is 2. The van der Waals surface area contributed by atoms with Crippen molar-refractivity contribution in [2.75, 3.05) is 24.6 Å². The highest BCUT2D eigenvalue weighted by Crippen LogP contribution is 2.39. The van der Waals surface area contributed by atoms with E-state index < -0.39 is 17.2 Å². The third-order valence-corrected chi connectivity index (χ3v) is 5.31. The Morgan fingerprint density at radius 1 is 1.46 bits per heavy atom. The van der Waals surface area contributed by atoms with Crippen LogP contribution in [0.5, 0.6) is 0 Å². The monoisotopic (exact) mass is 358 g/mol. The number of alkyl halides is 3. The minimum atomic E-state index is -4.38. The van der Waals surface area contributed by atoms with Gasteiger partial charge in [-0.15, -0.1) is 0 Å². The Bertz CT molecular complexity index is 774. The molecule has 1 aromatic carbocycles. The second-order valence-electron chi connectivity index (χ2n) is 6.13. The van der Waals surface area contributed by atoms with E-state index in [4.69, 9.17) is 4.74 Å². The molecule has 4 nitrogen and oxygen atoms in total. The van der Waals surface area contributed by atoms with E-state index in [0.29, 0.717) is 41.5 Å². The van der Waals surface area contributed by atoms with Gasteiger partial charge in [0.05, 0.1) is 27.8 Å². The fourth-order valence-corrected chi connectivity index (χ4v) is 3.79. The van der Waals surface area contributed by atoms with Gasteiger partial charge in [0.15, 0.2) is 5.13 Å². The smallest absolute Gasteiger partial charge is 0.416 e. The van der Waals surface area contributed by atoms with E-state index in [0.717, 1.165) is 12.1 Å². The molecule has 1 aliphatic heterocycles. The summed E-state index contributed by atoms with van der Waals surface area (Å²) >= 11 is 1.34. The third kappa shape index (κ3) is 3.07. The van der Waals surface area contributed by atoms with Crippen molar-refractivity contribution in [1.82, 2.24) is 4.98 Å². The molecule has 1 aromatic heterocycles. The molecule has 3 rings (SSSR count). The number of carbonyl (C=O) groups is 1. The number of esters is 1. The molecule has 0 aliphatic carbocycles. The van der Waals surface area contributed by atoms with Gasteiger partial charge in [-0.25, -0.2) is 4.98 Å². The van der Waals surface area contributed by atoms with Gasteiger partial charge in [-0.05, 0) is 38.5 Å². The van der Waals surface area contributed by atoms with Crippen LogP contribution < -0.4 is 4.90 Å². The lowest BCUT2D eigenvalue weighted by molar-refractivity contribution is -0.153. The van der Waals surface area contributed by atoms with E-state index in [9.17, 15) is 18.0 Å². The highest BCUT2D eigenvalue weighted by molar-refractivity contribution is 7.22.